The van der Waals surface area contributed by atoms with Gasteiger partial charge >= 0.3 is 12.0 Å². The Labute approximate surface area is 296 Å². The number of piperidine rings is 1. The number of carbonyl (C=O) groups excluding carboxylic acids is 6. The van der Waals surface area contributed by atoms with Crippen molar-refractivity contribution in [1.82, 2.24) is 20.9 Å². The molecular formula is C38H57N5O7. The SMILES string of the molecule is CC(C)[C@@H](NC(=O)N[C@H](C(=O)N1C[C@H]2[C@@H]([C@H]1C(=O)NC(CCCCC1CCC1)C(=O)C(N)=O)C2(C)C)C(C)(C)C)C(=O)OCc1ccccc1. The van der Waals surface area contributed by atoms with E-state index < -0.39 is 65.1 Å². The van der Waals surface area contributed by atoms with Crippen LogP contribution < -0.4 is 21.7 Å². The highest BCUT2D eigenvalue weighted by Gasteiger charge is 2.70. The van der Waals surface area contributed by atoms with Gasteiger partial charge in [-0.3, -0.25) is 19.2 Å². The molecule has 4 rings (SSSR count). The highest BCUT2D eigenvalue weighted by Crippen LogP contribution is 2.65. The Morgan fingerprint density at radius 1 is 0.980 bits per heavy atom. The fourth-order valence-electron chi connectivity index (χ4n) is 7.52. The average molecular weight is 696 g/mol. The van der Waals surface area contributed by atoms with Gasteiger partial charge < -0.3 is 31.3 Å². The van der Waals surface area contributed by atoms with Gasteiger partial charge in [0, 0.05) is 6.54 Å². The van der Waals surface area contributed by atoms with Crippen molar-refractivity contribution in [3.8, 4) is 0 Å². The Balaban J connectivity index is 1.45. The van der Waals surface area contributed by atoms with Crippen LogP contribution >= 0.6 is 0 Å². The van der Waals surface area contributed by atoms with Crippen LogP contribution in [0.4, 0.5) is 4.79 Å². The number of ketones is 1. The number of nitrogens with one attached hydrogen (secondary N) is 3. The predicted molar refractivity (Wildman–Crippen MR) is 188 cm³/mol. The number of esters is 1. The Kier molecular flexibility index (Phi) is 12.4. The van der Waals surface area contributed by atoms with Crippen molar-refractivity contribution >= 4 is 35.5 Å². The fourth-order valence-corrected chi connectivity index (χ4v) is 7.52. The van der Waals surface area contributed by atoms with Gasteiger partial charge in [-0.2, -0.15) is 0 Å². The van der Waals surface area contributed by atoms with E-state index in [1.807, 2.05) is 65.0 Å². The Hall–Kier alpha value is -3.96. The number of fused-ring (bicyclic) bond motifs is 1. The lowest BCUT2D eigenvalue weighted by molar-refractivity contribution is -0.148. The molecule has 276 valence electrons. The summed E-state index contributed by atoms with van der Waals surface area (Å²) in [6.07, 6.45) is 6.57. The lowest BCUT2D eigenvalue weighted by Crippen LogP contribution is -2.62. The van der Waals surface area contributed by atoms with Crippen LogP contribution in [0.25, 0.3) is 0 Å². The van der Waals surface area contributed by atoms with E-state index in [2.05, 4.69) is 16.0 Å². The van der Waals surface area contributed by atoms with Gasteiger partial charge in [0.15, 0.2) is 0 Å². The van der Waals surface area contributed by atoms with Crippen molar-refractivity contribution in [2.24, 2.45) is 40.2 Å². The Morgan fingerprint density at radius 3 is 2.20 bits per heavy atom. The number of amides is 5. The normalized spacial score (nSPS) is 22.7. The lowest BCUT2D eigenvalue weighted by atomic mass is 9.81. The largest absolute Gasteiger partial charge is 0.459 e. The zero-order chi connectivity index (χ0) is 37.0. The maximum Gasteiger partial charge on any atom is 0.329 e. The zero-order valence-electron chi connectivity index (χ0n) is 30.8. The molecule has 1 aromatic carbocycles. The van der Waals surface area contributed by atoms with Gasteiger partial charge in [-0.1, -0.05) is 117 Å². The number of rotatable bonds is 16. The van der Waals surface area contributed by atoms with Gasteiger partial charge in [-0.05, 0) is 46.5 Å². The van der Waals surface area contributed by atoms with Crippen LogP contribution in [-0.2, 0) is 35.3 Å². The summed E-state index contributed by atoms with van der Waals surface area (Å²) in [5, 5.41) is 8.28. The third-order valence-electron chi connectivity index (χ3n) is 11.0. The van der Waals surface area contributed by atoms with Gasteiger partial charge in [0.2, 0.25) is 17.6 Å². The number of likely N-dealkylation sites (tertiary alicyclic amines) is 1. The minimum atomic E-state index is -1.11. The second-order valence-electron chi connectivity index (χ2n) is 16.5. The van der Waals surface area contributed by atoms with Gasteiger partial charge in [0.05, 0.1) is 6.04 Å². The smallest absolute Gasteiger partial charge is 0.329 e. The molecule has 5 amide bonds. The van der Waals surface area contributed by atoms with Crippen LogP contribution in [0, 0.1) is 34.5 Å². The standard InChI is InChI=1S/C38H57N5O7/c1-22(2)28(35(48)50-21-24-15-9-8-10-16-24)41-36(49)42-31(37(3,4)5)34(47)43-20-25-27(38(25,6)7)29(43)33(46)40-26(30(44)32(39)45)19-12-11-14-23-17-13-18-23/h8-10,15-16,22-23,25-29,31H,11-14,17-21H2,1-7H3,(H2,39,45)(H,40,46)(H2,41,42,49)/t25-,26?,27-,28+,29-,31+/m0/s1. The van der Waals surface area contributed by atoms with E-state index in [0.717, 1.165) is 18.4 Å². The summed E-state index contributed by atoms with van der Waals surface area (Å²) in [5.74, 6) is -3.21. The molecule has 3 aliphatic rings. The van der Waals surface area contributed by atoms with E-state index >= 15 is 0 Å². The van der Waals surface area contributed by atoms with Crippen LogP contribution in [0.1, 0.15) is 99.0 Å². The molecule has 1 aromatic rings. The number of hydrogen-bond acceptors (Lipinski definition) is 7. The third-order valence-corrected chi connectivity index (χ3v) is 11.0. The lowest BCUT2D eigenvalue weighted by Gasteiger charge is -2.38. The number of benzene rings is 1. The molecule has 2 saturated carbocycles. The number of primary amides is 1. The third kappa shape index (κ3) is 9.23. The summed E-state index contributed by atoms with van der Waals surface area (Å²) in [7, 11) is 0. The van der Waals surface area contributed by atoms with E-state index in [-0.39, 0.29) is 36.2 Å². The Morgan fingerprint density at radius 2 is 1.64 bits per heavy atom. The first-order chi connectivity index (χ1) is 23.4. The Bertz CT molecular complexity index is 1420. The molecule has 1 saturated heterocycles. The predicted octanol–water partition coefficient (Wildman–Crippen LogP) is 3.85. The summed E-state index contributed by atoms with van der Waals surface area (Å²) in [6, 6.07) is 4.51. The minimum Gasteiger partial charge on any atom is -0.459 e. The van der Waals surface area contributed by atoms with Crippen LogP contribution in [-0.4, -0.2) is 71.1 Å². The first kappa shape index (κ1) is 38.8. The van der Waals surface area contributed by atoms with Crippen molar-refractivity contribution in [2.75, 3.05) is 6.54 Å². The quantitative estimate of drug-likeness (QED) is 0.115. The summed E-state index contributed by atoms with van der Waals surface area (Å²) in [6.45, 7) is 13.5. The number of nitrogens with zero attached hydrogens (tertiary/aromatic N) is 1. The van der Waals surface area contributed by atoms with Crippen molar-refractivity contribution in [3.63, 3.8) is 0 Å². The second-order valence-corrected chi connectivity index (χ2v) is 16.5. The highest BCUT2D eigenvalue weighted by atomic mass is 16.5. The number of urea groups is 1. The fraction of sp³-hybridized carbons (Fsp3) is 0.684. The van der Waals surface area contributed by atoms with Crippen molar-refractivity contribution in [1.29, 1.82) is 0 Å². The van der Waals surface area contributed by atoms with E-state index in [0.29, 0.717) is 18.9 Å². The molecule has 0 radical (unpaired) electrons. The summed E-state index contributed by atoms with van der Waals surface area (Å²) < 4.78 is 5.49. The van der Waals surface area contributed by atoms with Crippen LogP contribution in [0.3, 0.4) is 0 Å². The molecule has 12 heteroatoms. The molecular weight excluding hydrogens is 638 g/mol. The molecule has 1 unspecified atom stereocenters. The average Bonchev–Trinajstić information content (AvgIpc) is 3.33. The van der Waals surface area contributed by atoms with E-state index in [1.54, 1.807) is 13.8 Å². The highest BCUT2D eigenvalue weighted by molar-refractivity contribution is 6.37. The van der Waals surface area contributed by atoms with Crippen molar-refractivity contribution in [3.05, 3.63) is 35.9 Å². The zero-order valence-corrected chi connectivity index (χ0v) is 30.8. The maximum absolute atomic E-state index is 14.3. The summed E-state index contributed by atoms with van der Waals surface area (Å²) >= 11 is 0. The van der Waals surface area contributed by atoms with Crippen molar-refractivity contribution < 1.29 is 33.5 Å². The van der Waals surface area contributed by atoms with Crippen LogP contribution in [0.15, 0.2) is 30.3 Å². The first-order valence-corrected chi connectivity index (χ1v) is 18.2. The molecule has 1 aliphatic heterocycles. The number of Topliss-reactive ketones (excluding diaryl/α,β-unsaturated/α-hetero) is 1. The number of ether oxygens (including phenoxy) is 1. The number of unbranched alkanes of at least 4 members (excludes halogenated alkanes) is 1. The van der Waals surface area contributed by atoms with Crippen LogP contribution in [0.2, 0.25) is 0 Å². The molecule has 2 aliphatic carbocycles. The van der Waals surface area contributed by atoms with Gasteiger partial charge in [0.25, 0.3) is 5.91 Å². The molecule has 0 aromatic heterocycles. The molecule has 1 heterocycles. The van der Waals surface area contributed by atoms with Crippen molar-refractivity contribution in [2.45, 2.75) is 124 Å². The molecule has 12 nitrogen and oxygen atoms in total. The minimum absolute atomic E-state index is 0.0501. The number of hydrogen-bond donors (Lipinski definition) is 4. The number of nitrogens with two attached hydrogens (primary N) is 1. The van der Waals surface area contributed by atoms with E-state index in [1.165, 1.54) is 24.2 Å². The molecule has 3 fully saturated rings. The van der Waals surface area contributed by atoms with Gasteiger partial charge in [-0.15, -0.1) is 0 Å². The molecule has 5 N–H and O–H groups in total. The summed E-state index contributed by atoms with van der Waals surface area (Å²) in [4.78, 5) is 81.0. The van der Waals surface area contributed by atoms with Gasteiger partial charge in [-0.25, -0.2) is 9.59 Å². The molecule has 0 spiro atoms. The van der Waals surface area contributed by atoms with Crippen LogP contribution in [0.5, 0.6) is 0 Å². The molecule has 50 heavy (non-hydrogen) atoms. The monoisotopic (exact) mass is 695 g/mol. The molecule has 0 bridgehead atoms. The van der Waals surface area contributed by atoms with E-state index in [4.69, 9.17) is 10.5 Å². The maximum atomic E-state index is 14.3. The van der Waals surface area contributed by atoms with E-state index in [9.17, 15) is 28.8 Å². The number of carbonyl (C=O) groups is 6. The van der Waals surface area contributed by atoms with Gasteiger partial charge in [0.1, 0.15) is 24.7 Å². The topological polar surface area (TPSA) is 177 Å². The second kappa shape index (κ2) is 15.9. The molecule has 6 atom stereocenters. The first-order valence-electron chi connectivity index (χ1n) is 18.2. The summed E-state index contributed by atoms with van der Waals surface area (Å²) in [5.41, 5.74) is 5.20.